The Hall–Kier alpha value is -1.12. The van der Waals surface area contributed by atoms with Crippen molar-refractivity contribution in [3.63, 3.8) is 0 Å². The van der Waals surface area contributed by atoms with Crippen molar-refractivity contribution in [1.29, 1.82) is 0 Å². The molecule has 0 heterocycles. The molecule has 0 radical (unpaired) electrons. The molecule has 1 aromatic carbocycles. The lowest BCUT2D eigenvalue weighted by Crippen LogP contribution is -2.35. The first-order chi connectivity index (χ1) is 9.20. The van der Waals surface area contributed by atoms with Crippen LogP contribution in [0.4, 0.5) is 13.2 Å². The summed E-state index contributed by atoms with van der Waals surface area (Å²) in [5.41, 5.74) is -0.904. The van der Waals surface area contributed by atoms with Crippen LogP contribution in [0.1, 0.15) is 25.3 Å². The highest BCUT2D eigenvalue weighted by molar-refractivity contribution is 7.89. The first-order valence-electron chi connectivity index (χ1n) is 6.01. The predicted octanol–water partition coefficient (Wildman–Crippen LogP) is 2.14. The molecule has 0 saturated heterocycles. The molecule has 20 heavy (non-hydrogen) atoms. The van der Waals surface area contributed by atoms with Gasteiger partial charge in [-0.2, -0.15) is 13.2 Å². The van der Waals surface area contributed by atoms with Gasteiger partial charge < -0.3 is 5.11 Å². The van der Waals surface area contributed by atoms with Gasteiger partial charge in [0, 0.05) is 12.6 Å². The zero-order chi connectivity index (χ0) is 15.4. The van der Waals surface area contributed by atoms with Crippen molar-refractivity contribution in [3.8, 4) is 0 Å². The molecule has 0 bridgehead atoms. The molecule has 1 aromatic rings. The van der Waals surface area contributed by atoms with Crippen molar-refractivity contribution in [1.82, 2.24) is 4.72 Å². The molecule has 0 aliphatic heterocycles. The Kier molecular flexibility index (Phi) is 5.55. The summed E-state index contributed by atoms with van der Waals surface area (Å²) in [5.74, 6) is 0. The molecule has 0 saturated carbocycles. The lowest BCUT2D eigenvalue weighted by Gasteiger charge is -2.16. The maximum Gasteiger partial charge on any atom is 0.416 e. The van der Waals surface area contributed by atoms with E-state index in [0.29, 0.717) is 6.42 Å². The van der Waals surface area contributed by atoms with E-state index in [-0.39, 0.29) is 17.9 Å². The molecule has 1 unspecified atom stereocenters. The number of nitrogens with one attached hydrogen (secondary N) is 1. The molecule has 0 aliphatic rings. The number of halogens is 3. The number of aliphatic hydroxyl groups excluding tert-OH is 1. The summed E-state index contributed by atoms with van der Waals surface area (Å²) in [4.78, 5) is -0.234. The minimum atomic E-state index is -4.50. The lowest BCUT2D eigenvalue weighted by molar-refractivity contribution is -0.137. The number of alkyl halides is 3. The molecule has 0 amide bonds. The predicted molar refractivity (Wildman–Crippen MR) is 67.5 cm³/mol. The van der Waals surface area contributed by atoms with E-state index >= 15 is 0 Å². The largest absolute Gasteiger partial charge is 0.416 e. The first kappa shape index (κ1) is 16.9. The average Bonchev–Trinajstić information content (AvgIpc) is 2.37. The third-order valence-corrected chi connectivity index (χ3v) is 4.32. The Labute approximate surface area is 115 Å². The van der Waals surface area contributed by atoms with Gasteiger partial charge in [0.25, 0.3) is 0 Å². The second-order valence-corrected chi connectivity index (χ2v) is 5.97. The van der Waals surface area contributed by atoms with Crippen molar-refractivity contribution in [2.75, 3.05) is 6.61 Å². The fourth-order valence-electron chi connectivity index (χ4n) is 1.61. The third kappa shape index (κ3) is 4.46. The SMILES string of the molecule is CCC(CCO)NS(=O)(=O)c1ccc(C(F)(F)F)cc1. The van der Waals surface area contributed by atoms with Gasteiger partial charge in [-0.1, -0.05) is 6.92 Å². The Morgan fingerprint density at radius 2 is 1.80 bits per heavy atom. The third-order valence-electron chi connectivity index (χ3n) is 2.78. The number of benzene rings is 1. The van der Waals surface area contributed by atoms with Gasteiger partial charge in [-0.15, -0.1) is 0 Å². The summed E-state index contributed by atoms with van der Waals surface area (Å²) in [6, 6.07) is 2.82. The van der Waals surface area contributed by atoms with E-state index in [9.17, 15) is 21.6 Å². The minimum Gasteiger partial charge on any atom is -0.396 e. The Morgan fingerprint density at radius 1 is 1.25 bits per heavy atom. The van der Waals surface area contributed by atoms with E-state index in [2.05, 4.69) is 4.72 Å². The van der Waals surface area contributed by atoms with Crippen molar-refractivity contribution in [2.45, 2.75) is 36.9 Å². The quantitative estimate of drug-likeness (QED) is 0.846. The molecule has 0 fully saturated rings. The summed E-state index contributed by atoms with van der Waals surface area (Å²) in [6.45, 7) is 1.57. The molecular weight excluding hydrogens is 295 g/mol. The van der Waals surface area contributed by atoms with Gasteiger partial charge in [-0.3, -0.25) is 0 Å². The Bertz CT molecular complexity index is 526. The van der Waals surface area contributed by atoms with Gasteiger partial charge in [0.1, 0.15) is 0 Å². The zero-order valence-corrected chi connectivity index (χ0v) is 11.6. The van der Waals surface area contributed by atoms with E-state index < -0.39 is 27.8 Å². The standard InChI is InChI=1S/C12H16F3NO3S/c1-2-10(7-8-17)16-20(18,19)11-5-3-9(4-6-11)12(13,14)15/h3-6,10,16-17H,2,7-8H2,1H3. The van der Waals surface area contributed by atoms with Gasteiger partial charge in [-0.25, -0.2) is 13.1 Å². The summed E-state index contributed by atoms with van der Waals surface area (Å²) in [6.07, 6.45) is -3.78. The molecule has 114 valence electrons. The van der Waals surface area contributed by atoms with Gasteiger partial charge in [0.2, 0.25) is 10.0 Å². The summed E-state index contributed by atoms with van der Waals surface area (Å²) in [7, 11) is -3.88. The topological polar surface area (TPSA) is 66.4 Å². The molecule has 0 aromatic heterocycles. The molecule has 0 spiro atoms. The van der Waals surface area contributed by atoms with Crippen LogP contribution in [0.15, 0.2) is 29.2 Å². The van der Waals surface area contributed by atoms with Crippen LogP contribution in [0.5, 0.6) is 0 Å². The summed E-state index contributed by atoms with van der Waals surface area (Å²) >= 11 is 0. The van der Waals surface area contributed by atoms with Crippen molar-refractivity contribution in [3.05, 3.63) is 29.8 Å². The van der Waals surface area contributed by atoms with Crippen LogP contribution in [0, 0.1) is 0 Å². The van der Waals surface area contributed by atoms with E-state index in [4.69, 9.17) is 5.11 Å². The van der Waals surface area contributed by atoms with E-state index in [0.717, 1.165) is 24.3 Å². The Balaban J connectivity index is 2.93. The summed E-state index contributed by atoms with van der Waals surface area (Å²) < 4.78 is 63.4. The molecular formula is C12H16F3NO3S. The van der Waals surface area contributed by atoms with E-state index in [1.807, 2.05) is 0 Å². The molecule has 2 N–H and O–H groups in total. The highest BCUT2D eigenvalue weighted by atomic mass is 32.2. The van der Waals surface area contributed by atoms with Crippen LogP contribution in [-0.2, 0) is 16.2 Å². The average molecular weight is 311 g/mol. The van der Waals surface area contributed by atoms with Gasteiger partial charge in [0.05, 0.1) is 10.5 Å². The van der Waals surface area contributed by atoms with Crippen molar-refractivity contribution < 1.29 is 26.7 Å². The smallest absolute Gasteiger partial charge is 0.396 e. The lowest BCUT2D eigenvalue weighted by atomic mass is 10.2. The molecule has 4 nitrogen and oxygen atoms in total. The highest BCUT2D eigenvalue weighted by Gasteiger charge is 2.30. The fourth-order valence-corrected chi connectivity index (χ4v) is 2.97. The van der Waals surface area contributed by atoms with Crippen LogP contribution in [0.2, 0.25) is 0 Å². The monoisotopic (exact) mass is 311 g/mol. The Morgan fingerprint density at radius 3 is 2.20 bits per heavy atom. The normalized spacial score (nSPS) is 14.2. The number of sulfonamides is 1. The number of hydrogen-bond acceptors (Lipinski definition) is 3. The maximum absolute atomic E-state index is 12.4. The van der Waals surface area contributed by atoms with Gasteiger partial charge >= 0.3 is 6.18 Å². The highest BCUT2D eigenvalue weighted by Crippen LogP contribution is 2.29. The van der Waals surface area contributed by atoms with Crippen LogP contribution in [0.25, 0.3) is 0 Å². The van der Waals surface area contributed by atoms with Crippen LogP contribution in [0.3, 0.4) is 0 Å². The number of aliphatic hydroxyl groups is 1. The van der Waals surface area contributed by atoms with Gasteiger partial charge in [-0.05, 0) is 37.1 Å². The second kappa shape index (κ2) is 6.55. The minimum absolute atomic E-state index is 0.173. The first-order valence-corrected chi connectivity index (χ1v) is 7.49. The number of hydrogen-bond donors (Lipinski definition) is 2. The molecule has 0 aliphatic carbocycles. The van der Waals surface area contributed by atoms with Crippen molar-refractivity contribution >= 4 is 10.0 Å². The molecule has 1 atom stereocenters. The zero-order valence-electron chi connectivity index (χ0n) is 10.8. The number of rotatable bonds is 6. The van der Waals surface area contributed by atoms with Gasteiger partial charge in [0.15, 0.2) is 0 Å². The fraction of sp³-hybridized carbons (Fsp3) is 0.500. The molecule has 1 rings (SSSR count). The summed E-state index contributed by atoms with van der Waals surface area (Å²) in [5, 5.41) is 8.80. The van der Waals surface area contributed by atoms with E-state index in [1.54, 1.807) is 6.92 Å². The van der Waals surface area contributed by atoms with Crippen molar-refractivity contribution in [2.24, 2.45) is 0 Å². The maximum atomic E-state index is 12.4. The van der Waals surface area contributed by atoms with E-state index in [1.165, 1.54) is 0 Å². The van der Waals surface area contributed by atoms with Crippen LogP contribution < -0.4 is 4.72 Å². The van der Waals surface area contributed by atoms with Crippen LogP contribution in [-0.4, -0.2) is 26.2 Å². The second-order valence-electron chi connectivity index (χ2n) is 4.26. The molecule has 8 heteroatoms. The van der Waals surface area contributed by atoms with Crippen LogP contribution >= 0.6 is 0 Å².